The van der Waals surface area contributed by atoms with Gasteiger partial charge in [-0.05, 0) is 51.0 Å². The predicted molar refractivity (Wildman–Crippen MR) is 102 cm³/mol. The van der Waals surface area contributed by atoms with E-state index in [-0.39, 0.29) is 5.92 Å². The van der Waals surface area contributed by atoms with Crippen molar-refractivity contribution in [2.75, 3.05) is 0 Å². The molecule has 0 N–H and O–H groups in total. The molecule has 0 amide bonds. The second-order valence-electron chi connectivity index (χ2n) is 7.97. The SMILES string of the molecule is Cc1nccn1CC1CCCc2c(c3ccccc3n2CC2CC2)C1=O. The number of hydrogen-bond acceptors (Lipinski definition) is 2. The summed E-state index contributed by atoms with van der Waals surface area (Å²) in [5.74, 6) is 2.16. The molecule has 0 saturated heterocycles. The lowest BCUT2D eigenvalue weighted by atomic mass is 9.94. The molecule has 1 fully saturated rings. The summed E-state index contributed by atoms with van der Waals surface area (Å²) in [4.78, 5) is 17.9. The van der Waals surface area contributed by atoms with Crippen molar-refractivity contribution in [2.45, 2.75) is 52.1 Å². The Hall–Kier alpha value is -2.36. The van der Waals surface area contributed by atoms with E-state index in [0.29, 0.717) is 5.78 Å². The number of hydrogen-bond donors (Lipinski definition) is 0. The minimum atomic E-state index is 0.0457. The maximum Gasteiger partial charge on any atom is 0.170 e. The zero-order valence-electron chi connectivity index (χ0n) is 15.3. The monoisotopic (exact) mass is 347 g/mol. The predicted octanol–water partition coefficient (Wildman–Crippen LogP) is 4.39. The van der Waals surface area contributed by atoms with Crippen molar-refractivity contribution in [3.63, 3.8) is 0 Å². The van der Waals surface area contributed by atoms with E-state index < -0.39 is 0 Å². The van der Waals surface area contributed by atoms with Gasteiger partial charge in [-0.1, -0.05) is 18.2 Å². The Labute approximate surface area is 153 Å². The lowest BCUT2D eigenvalue weighted by Crippen LogP contribution is -2.20. The van der Waals surface area contributed by atoms with E-state index in [0.717, 1.165) is 55.0 Å². The average Bonchev–Trinajstić information content (AvgIpc) is 3.33. The topological polar surface area (TPSA) is 39.8 Å². The fraction of sp³-hybridized carbons (Fsp3) is 0.455. The number of fused-ring (bicyclic) bond motifs is 3. The summed E-state index contributed by atoms with van der Waals surface area (Å²) in [5, 5.41) is 1.16. The minimum absolute atomic E-state index is 0.0457. The Morgan fingerprint density at radius 2 is 2.00 bits per heavy atom. The van der Waals surface area contributed by atoms with Crippen LogP contribution >= 0.6 is 0 Å². The molecular weight excluding hydrogens is 322 g/mol. The van der Waals surface area contributed by atoms with E-state index >= 15 is 0 Å². The second kappa shape index (κ2) is 6.11. The van der Waals surface area contributed by atoms with Crippen LogP contribution in [0, 0.1) is 18.8 Å². The van der Waals surface area contributed by atoms with Gasteiger partial charge in [0.2, 0.25) is 0 Å². The van der Waals surface area contributed by atoms with E-state index in [4.69, 9.17) is 0 Å². The van der Waals surface area contributed by atoms with Crippen molar-refractivity contribution < 1.29 is 4.79 Å². The van der Waals surface area contributed by atoms with Crippen LogP contribution in [-0.4, -0.2) is 19.9 Å². The van der Waals surface area contributed by atoms with Crippen LogP contribution in [0.2, 0.25) is 0 Å². The van der Waals surface area contributed by atoms with Gasteiger partial charge in [0, 0.05) is 53.6 Å². The number of aryl methyl sites for hydroxylation is 1. The molecule has 5 rings (SSSR count). The maximum atomic E-state index is 13.6. The molecule has 0 radical (unpaired) electrons. The van der Waals surface area contributed by atoms with Gasteiger partial charge in [-0.15, -0.1) is 0 Å². The lowest BCUT2D eigenvalue weighted by molar-refractivity contribution is 0.0903. The first-order valence-electron chi connectivity index (χ1n) is 9.84. The van der Waals surface area contributed by atoms with Crippen LogP contribution in [0.1, 0.15) is 47.6 Å². The third-order valence-corrected chi connectivity index (χ3v) is 6.14. The van der Waals surface area contributed by atoms with E-state index in [9.17, 15) is 4.79 Å². The van der Waals surface area contributed by atoms with Crippen LogP contribution in [0.25, 0.3) is 10.9 Å². The number of ketones is 1. The number of carbonyl (C=O) groups is 1. The second-order valence-corrected chi connectivity index (χ2v) is 7.97. The summed E-state index contributed by atoms with van der Waals surface area (Å²) in [7, 11) is 0. The fourth-order valence-corrected chi connectivity index (χ4v) is 4.52. The van der Waals surface area contributed by atoms with Gasteiger partial charge in [0.15, 0.2) is 5.78 Å². The van der Waals surface area contributed by atoms with Crippen LogP contribution < -0.4 is 0 Å². The number of imidazole rings is 1. The maximum absolute atomic E-state index is 13.6. The Kier molecular flexibility index (Phi) is 3.73. The molecule has 4 heteroatoms. The Balaban J connectivity index is 1.59. The number of para-hydroxylation sites is 1. The molecular formula is C22H25N3O. The number of nitrogens with zero attached hydrogens (tertiary/aromatic N) is 3. The quantitative estimate of drug-likeness (QED) is 0.657. The first kappa shape index (κ1) is 15.9. The van der Waals surface area contributed by atoms with Gasteiger partial charge in [0.25, 0.3) is 0 Å². The third kappa shape index (κ3) is 2.59. The number of Topliss-reactive ketones (excluding diaryl/α,β-unsaturated/α-hetero) is 1. The molecule has 0 bridgehead atoms. The molecule has 0 aliphatic heterocycles. The van der Waals surface area contributed by atoms with E-state index in [1.807, 2.05) is 19.3 Å². The molecule has 1 aromatic carbocycles. The molecule has 3 aromatic rings. The van der Waals surface area contributed by atoms with Gasteiger partial charge in [0.1, 0.15) is 5.82 Å². The van der Waals surface area contributed by atoms with Crippen LogP contribution in [0.5, 0.6) is 0 Å². The zero-order chi connectivity index (χ0) is 17.7. The molecule has 26 heavy (non-hydrogen) atoms. The minimum Gasteiger partial charge on any atom is -0.344 e. The normalized spacial score (nSPS) is 20.3. The van der Waals surface area contributed by atoms with Crippen molar-refractivity contribution in [3.05, 3.63) is 53.7 Å². The highest BCUT2D eigenvalue weighted by molar-refractivity contribution is 6.10. The van der Waals surface area contributed by atoms with Crippen LogP contribution in [0.4, 0.5) is 0 Å². The Morgan fingerprint density at radius 3 is 2.77 bits per heavy atom. The number of benzene rings is 1. The summed E-state index contributed by atoms with van der Waals surface area (Å²) < 4.78 is 4.59. The van der Waals surface area contributed by atoms with E-state index in [1.54, 1.807) is 0 Å². The smallest absolute Gasteiger partial charge is 0.170 e. The lowest BCUT2D eigenvalue weighted by Gasteiger charge is -2.15. The molecule has 0 spiro atoms. The zero-order valence-corrected chi connectivity index (χ0v) is 15.3. The Bertz CT molecular complexity index is 977. The number of aromatic nitrogens is 3. The van der Waals surface area contributed by atoms with Crippen LogP contribution in [0.15, 0.2) is 36.7 Å². The molecule has 4 nitrogen and oxygen atoms in total. The highest BCUT2D eigenvalue weighted by Crippen LogP contribution is 2.38. The van der Waals surface area contributed by atoms with Gasteiger partial charge in [-0.3, -0.25) is 4.79 Å². The standard InChI is InChI=1S/C22H25N3O/c1-15-23-11-12-24(15)14-17-5-4-8-20-21(22(17)26)18-6-2-3-7-19(18)25(20)13-16-9-10-16/h2-3,6-7,11-12,16-17H,4-5,8-10,13-14H2,1H3. The van der Waals surface area contributed by atoms with Crippen molar-refractivity contribution in [1.29, 1.82) is 0 Å². The molecule has 2 aliphatic carbocycles. The van der Waals surface area contributed by atoms with Crippen molar-refractivity contribution in [1.82, 2.24) is 14.1 Å². The number of carbonyl (C=O) groups excluding carboxylic acids is 1. The van der Waals surface area contributed by atoms with Gasteiger partial charge < -0.3 is 9.13 Å². The first-order valence-corrected chi connectivity index (χ1v) is 9.84. The van der Waals surface area contributed by atoms with Gasteiger partial charge in [-0.25, -0.2) is 4.98 Å². The van der Waals surface area contributed by atoms with Crippen LogP contribution in [0.3, 0.4) is 0 Å². The molecule has 134 valence electrons. The molecule has 1 unspecified atom stereocenters. The molecule has 2 aromatic heterocycles. The summed E-state index contributed by atoms with van der Waals surface area (Å²) >= 11 is 0. The summed E-state index contributed by atoms with van der Waals surface area (Å²) in [5.41, 5.74) is 3.53. The van der Waals surface area contributed by atoms with Crippen molar-refractivity contribution in [2.24, 2.45) is 11.8 Å². The summed E-state index contributed by atoms with van der Waals surface area (Å²) in [6.45, 7) is 3.83. The van der Waals surface area contributed by atoms with Gasteiger partial charge in [0.05, 0.1) is 0 Å². The molecule has 1 saturated carbocycles. The Morgan fingerprint density at radius 1 is 1.15 bits per heavy atom. The van der Waals surface area contributed by atoms with Crippen molar-refractivity contribution >= 4 is 16.7 Å². The third-order valence-electron chi connectivity index (χ3n) is 6.14. The molecule has 2 aliphatic rings. The summed E-state index contributed by atoms with van der Waals surface area (Å²) in [6.07, 6.45) is 9.53. The van der Waals surface area contributed by atoms with Gasteiger partial charge >= 0.3 is 0 Å². The highest BCUT2D eigenvalue weighted by Gasteiger charge is 2.32. The van der Waals surface area contributed by atoms with Gasteiger partial charge in [-0.2, -0.15) is 0 Å². The first-order chi connectivity index (χ1) is 12.7. The van der Waals surface area contributed by atoms with Crippen LogP contribution in [-0.2, 0) is 19.5 Å². The molecule has 1 atom stereocenters. The highest BCUT2D eigenvalue weighted by atomic mass is 16.1. The molecule has 2 heterocycles. The van der Waals surface area contributed by atoms with E-state index in [1.165, 1.54) is 24.1 Å². The largest absolute Gasteiger partial charge is 0.344 e. The fourth-order valence-electron chi connectivity index (χ4n) is 4.52. The number of rotatable bonds is 4. The average molecular weight is 347 g/mol. The van der Waals surface area contributed by atoms with Crippen molar-refractivity contribution in [3.8, 4) is 0 Å². The summed E-state index contributed by atoms with van der Waals surface area (Å²) in [6, 6.07) is 8.49. The van der Waals surface area contributed by atoms with E-state index in [2.05, 4.69) is 38.4 Å².